The van der Waals surface area contributed by atoms with Crippen molar-refractivity contribution in [2.24, 2.45) is 0 Å². The fourth-order valence-corrected chi connectivity index (χ4v) is 3.48. The Kier molecular flexibility index (Phi) is 59.5. The Morgan fingerprint density at radius 1 is 0.516 bits per heavy atom. The Balaban J connectivity index is -0.000000101. The van der Waals surface area contributed by atoms with Gasteiger partial charge in [0.25, 0.3) is 0 Å². The summed E-state index contributed by atoms with van der Waals surface area (Å²) < 4.78 is 0. The minimum atomic E-state index is -0.920. The standard InChI is InChI=1S/2C8H16O2.4C2H5.2Al.Co/c2*1-2-3-4-5-6-7-8(9)10;4*1-2;;;/h2*2-7H2,1H3,(H,9,10);4*1H2,2H3;;;/q;;;;;;;;+2/p-2. The Bertz CT molecular complexity index is 286. The van der Waals surface area contributed by atoms with Crippen LogP contribution < -0.4 is 10.2 Å². The van der Waals surface area contributed by atoms with Crippen LogP contribution in [0.3, 0.4) is 0 Å². The van der Waals surface area contributed by atoms with Crippen molar-refractivity contribution >= 4 is 42.4 Å². The SMILES string of the molecule is CCCCCCCC(=O)[O-].CCCCCCCC(=O)[O-].C[CH2][Al][CH2]C.C[CH2][Al][CH2]C.[Co+2]. The molecule has 3 radical (unpaired) electrons. The summed E-state index contributed by atoms with van der Waals surface area (Å²) in [6.07, 6.45) is 11.2. The fraction of sp³-hybridized carbons (Fsp3) is 0.917. The van der Waals surface area contributed by atoms with Crippen molar-refractivity contribution in [3.05, 3.63) is 0 Å². The molecule has 0 aromatic carbocycles. The summed E-state index contributed by atoms with van der Waals surface area (Å²) in [4.78, 5) is 19.8. The maximum Gasteiger partial charge on any atom is 2.00 e. The summed E-state index contributed by atoms with van der Waals surface area (Å²) in [5.41, 5.74) is 0. The molecule has 0 unspecified atom stereocenters. The molecule has 0 amide bonds. The molecule has 0 rings (SSSR count). The predicted octanol–water partition coefficient (Wildman–Crippen LogP) is 5.33. The molecule has 7 heteroatoms. The number of hydrogen-bond acceptors (Lipinski definition) is 4. The predicted molar refractivity (Wildman–Crippen MR) is 130 cm³/mol. The van der Waals surface area contributed by atoms with Crippen LogP contribution in [0.2, 0.25) is 21.1 Å². The first-order chi connectivity index (χ1) is 14.4. The van der Waals surface area contributed by atoms with Gasteiger partial charge in [-0.1, -0.05) is 92.9 Å². The molecule has 4 nitrogen and oxygen atoms in total. The van der Waals surface area contributed by atoms with Crippen LogP contribution in [-0.4, -0.2) is 42.4 Å². The topological polar surface area (TPSA) is 80.3 Å². The molecule has 0 aliphatic rings. The minimum Gasteiger partial charge on any atom is -0.550 e. The first-order valence-corrected chi connectivity index (χ1v) is 15.7. The first kappa shape index (κ1) is 41.7. The van der Waals surface area contributed by atoms with Gasteiger partial charge < -0.3 is 19.8 Å². The van der Waals surface area contributed by atoms with Gasteiger partial charge in [-0.15, -0.1) is 21.1 Å². The van der Waals surface area contributed by atoms with E-state index in [-0.39, 0.29) is 29.6 Å². The van der Waals surface area contributed by atoms with E-state index in [4.69, 9.17) is 0 Å². The van der Waals surface area contributed by atoms with Crippen LogP contribution in [0.1, 0.15) is 119 Å². The van der Waals surface area contributed by atoms with E-state index in [9.17, 15) is 19.8 Å². The van der Waals surface area contributed by atoms with Crippen molar-refractivity contribution in [3.8, 4) is 0 Å². The van der Waals surface area contributed by atoms with Crippen molar-refractivity contribution in [1.29, 1.82) is 0 Å². The van der Waals surface area contributed by atoms with Gasteiger partial charge >= 0.3 is 16.8 Å². The third kappa shape index (κ3) is 72.4. The number of unbranched alkanes of at least 4 members (excludes halogenated alkanes) is 8. The smallest absolute Gasteiger partial charge is 0.550 e. The maximum absolute atomic E-state index is 9.92. The first-order valence-electron chi connectivity index (χ1n) is 12.4. The van der Waals surface area contributed by atoms with Gasteiger partial charge in [0.2, 0.25) is 0 Å². The van der Waals surface area contributed by atoms with Gasteiger partial charge in [-0.25, -0.2) is 0 Å². The van der Waals surface area contributed by atoms with Gasteiger partial charge in [-0.3, -0.25) is 0 Å². The second-order valence-corrected chi connectivity index (χ2v) is 11.7. The van der Waals surface area contributed by atoms with Crippen LogP contribution in [0.15, 0.2) is 0 Å². The average Bonchev–Trinajstić information content (AvgIpc) is 2.70. The summed E-state index contributed by atoms with van der Waals surface area (Å²) in [5, 5.41) is 25.6. The van der Waals surface area contributed by atoms with Crippen molar-refractivity contribution in [2.75, 3.05) is 0 Å². The summed E-state index contributed by atoms with van der Waals surface area (Å²) >= 11 is 1.63. The zero-order chi connectivity index (χ0) is 23.9. The van der Waals surface area contributed by atoms with Crippen LogP contribution >= 0.6 is 0 Å². The quantitative estimate of drug-likeness (QED) is 0.206. The van der Waals surface area contributed by atoms with E-state index in [2.05, 4.69) is 41.5 Å². The third-order valence-electron chi connectivity index (χ3n) is 4.12. The number of carboxylic acid groups (broad SMARTS) is 2. The average molecular weight is 516 g/mol. The Morgan fingerprint density at radius 3 is 0.935 bits per heavy atom. The molecule has 0 aromatic heterocycles. The Labute approximate surface area is 217 Å². The van der Waals surface area contributed by atoms with Gasteiger partial charge in [0.1, 0.15) is 0 Å². The van der Waals surface area contributed by atoms with Crippen LogP contribution in [0.25, 0.3) is 0 Å². The normalized spacial score (nSPS) is 8.71. The minimum absolute atomic E-state index is 0. The molecule has 0 aliphatic heterocycles. The summed E-state index contributed by atoms with van der Waals surface area (Å²) in [6.45, 7) is 13.3. The maximum atomic E-state index is 9.92. The molecule has 185 valence electrons. The number of aliphatic carboxylic acids is 2. The van der Waals surface area contributed by atoms with Crippen LogP contribution in [0, 0.1) is 0 Å². The Hall–Kier alpha value is 0.511. The molecule has 0 saturated carbocycles. The van der Waals surface area contributed by atoms with Crippen molar-refractivity contribution in [1.82, 2.24) is 0 Å². The molecule has 0 bridgehead atoms. The molecule has 0 heterocycles. The number of rotatable bonds is 16. The summed E-state index contributed by atoms with van der Waals surface area (Å²) in [5.74, 6) is -1.84. The van der Waals surface area contributed by atoms with Crippen molar-refractivity contribution < 1.29 is 36.6 Å². The summed E-state index contributed by atoms with van der Waals surface area (Å²) in [6, 6.07) is 0. The van der Waals surface area contributed by atoms with Gasteiger partial charge in [0.15, 0.2) is 30.4 Å². The third-order valence-corrected chi connectivity index (χ3v) is 6.43. The molecule has 31 heavy (non-hydrogen) atoms. The van der Waals surface area contributed by atoms with Gasteiger partial charge in [-0.05, 0) is 25.7 Å². The van der Waals surface area contributed by atoms with E-state index >= 15 is 0 Å². The second-order valence-electron chi connectivity index (χ2n) is 7.28. The zero-order valence-electron chi connectivity index (χ0n) is 21.4. The fourth-order valence-electron chi connectivity index (χ4n) is 2.32. The molecular formula is C24H50Al2CoO4. The van der Waals surface area contributed by atoms with Crippen LogP contribution in [0.4, 0.5) is 0 Å². The molecule has 0 atom stereocenters. The summed E-state index contributed by atoms with van der Waals surface area (Å²) in [7, 11) is 0. The number of hydrogen-bond donors (Lipinski definition) is 0. The zero-order valence-corrected chi connectivity index (χ0v) is 24.8. The van der Waals surface area contributed by atoms with E-state index in [0.717, 1.165) is 69.0 Å². The van der Waals surface area contributed by atoms with E-state index < -0.39 is 11.9 Å². The second kappa shape index (κ2) is 44.2. The number of carbonyl (C=O) groups excluding carboxylic acids is 2. The molecule has 0 saturated heterocycles. The van der Waals surface area contributed by atoms with Crippen LogP contribution in [-0.2, 0) is 26.4 Å². The molecule has 0 spiro atoms. The number of carboxylic acids is 2. The Morgan fingerprint density at radius 2 is 0.774 bits per heavy atom. The number of carbonyl (C=O) groups is 2. The van der Waals surface area contributed by atoms with E-state index in [1.165, 1.54) is 46.8 Å². The van der Waals surface area contributed by atoms with Crippen molar-refractivity contribution in [2.45, 2.75) is 140 Å². The molecule has 0 fully saturated rings. The molecular weight excluding hydrogens is 465 g/mol. The monoisotopic (exact) mass is 515 g/mol. The largest absolute Gasteiger partial charge is 2.00 e. The van der Waals surface area contributed by atoms with Crippen LogP contribution in [0.5, 0.6) is 0 Å². The molecule has 0 aromatic rings. The molecule has 0 N–H and O–H groups in total. The van der Waals surface area contributed by atoms with Crippen molar-refractivity contribution in [3.63, 3.8) is 0 Å². The van der Waals surface area contributed by atoms with Gasteiger partial charge in [0.05, 0.1) is 0 Å². The van der Waals surface area contributed by atoms with E-state index in [0.29, 0.717) is 0 Å². The van der Waals surface area contributed by atoms with Gasteiger partial charge in [0, 0.05) is 11.9 Å². The van der Waals surface area contributed by atoms with E-state index in [1.807, 2.05) is 0 Å². The van der Waals surface area contributed by atoms with Gasteiger partial charge in [-0.2, -0.15) is 0 Å². The van der Waals surface area contributed by atoms with E-state index in [1.54, 1.807) is 0 Å². The molecule has 0 aliphatic carbocycles.